The van der Waals surface area contributed by atoms with Crippen LogP contribution < -0.4 is 20.7 Å². The monoisotopic (exact) mass is 383 g/mol. The topological polar surface area (TPSA) is 111 Å². The molecule has 0 aliphatic carbocycles. The molecule has 0 fully saturated rings. The number of hydrogen-bond donors (Lipinski definition) is 3. The molecule has 146 valence electrons. The number of pyridine rings is 1. The predicted octanol–water partition coefficient (Wildman–Crippen LogP) is 3.79. The molecule has 0 saturated carbocycles. The fourth-order valence-electron chi connectivity index (χ4n) is 2.35. The summed E-state index contributed by atoms with van der Waals surface area (Å²) in [6, 6.07) is 10.1. The molecule has 9 nitrogen and oxygen atoms in total. The fourth-order valence-corrected chi connectivity index (χ4v) is 2.35. The van der Waals surface area contributed by atoms with Gasteiger partial charge >= 0.3 is 6.03 Å². The molecule has 2 heterocycles. The van der Waals surface area contributed by atoms with Gasteiger partial charge in [0, 0.05) is 37.3 Å². The predicted molar refractivity (Wildman–Crippen MR) is 105 cm³/mol. The van der Waals surface area contributed by atoms with E-state index < -0.39 is 6.03 Å². The van der Waals surface area contributed by atoms with Crippen LogP contribution in [0.25, 0.3) is 0 Å². The lowest BCUT2D eigenvalue weighted by molar-refractivity contribution is 0.146. The molecule has 0 bridgehead atoms. The number of amides is 2. The summed E-state index contributed by atoms with van der Waals surface area (Å²) in [5, 5.41) is 12.4. The van der Waals surface area contributed by atoms with Crippen LogP contribution in [0.3, 0.4) is 0 Å². The Morgan fingerprint density at radius 2 is 1.89 bits per heavy atom. The number of methoxy groups -OCH3 is 1. The Labute approximate surface area is 162 Å². The number of nitrogens with zero attached hydrogens (tertiary/aromatic N) is 2. The molecule has 0 radical (unpaired) electrons. The highest BCUT2D eigenvalue weighted by molar-refractivity contribution is 6.01. The molecule has 3 aromatic rings. The quantitative estimate of drug-likeness (QED) is 0.508. The Hall–Kier alpha value is -3.59. The first-order valence-electron chi connectivity index (χ1n) is 8.58. The Kier molecular flexibility index (Phi) is 6.42. The highest BCUT2D eigenvalue weighted by Crippen LogP contribution is 2.30. The Bertz CT molecular complexity index is 914. The number of rotatable bonds is 8. The molecule has 2 amide bonds. The van der Waals surface area contributed by atoms with Crippen LogP contribution in [0.15, 0.2) is 53.3 Å². The molecule has 0 spiro atoms. The molecule has 0 atom stereocenters. The Morgan fingerprint density at radius 3 is 2.61 bits per heavy atom. The van der Waals surface area contributed by atoms with E-state index in [0.717, 1.165) is 5.69 Å². The van der Waals surface area contributed by atoms with Gasteiger partial charge in [0.1, 0.15) is 18.1 Å². The van der Waals surface area contributed by atoms with Crippen molar-refractivity contribution in [2.75, 3.05) is 36.3 Å². The first-order valence-corrected chi connectivity index (χ1v) is 8.58. The van der Waals surface area contributed by atoms with E-state index in [0.29, 0.717) is 41.9 Å². The van der Waals surface area contributed by atoms with Crippen molar-refractivity contribution in [3.8, 4) is 5.75 Å². The Balaban J connectivity index is 1.76. The Morgan fingerprint density at radius 1 is 1.07 bits per heavy atom. The van der Waals surface area contributed by atoms with Gasteiger partial charge in [-0.2, -0.15) is 0 Å². The summed E-state index contributed by atoms with van der Waals surface area (Å²) in [4.78, 5) is 16.3. The molecule has 2 aromatic heterocycles. The molecular formula is C19H21N5O4. The highest BCUT2D eigenvalue weighted by atomic mass is 16.5. The summed E-state index contributed by atoms with van der Waals surface area (Å²) in [7, 11) is 1.61. The van der Waals surface area contributed by atoms with E-state index in [-0.39, 0.29) is 0 Å². The average Bonchev–Trinajstić information content (AvgIpc) is 3.09. The zero-order chi connectivity index (χ0) is 19.8. The highest BCUT2D eigenvalue weighted by Gasteiger charge is 2.11. The van der Waals surface area contributed by atoms with Gasteiger partial charge in [-0.1, -0.05) is 5.16 Å². The molecular weight excluding hydrogens is 362 g/mol. The minimum Gasteiger partial charge on any atom is -0.491 e. The van der Waals surface area contributed by atoms with E-state index in [9.17, 15) is 4.79 Å². The summed E-state index contributed by atoms with van der Waals surface area (Å²) in [5.41, 5.74) is 2.04. The third kappa shape index (κ3) is 5.45. The van der Waals surface area contributed by atoms with E-state index >= 15 is 0 Å². The maximum absolute atomic E-state index is 12.3. The third-order valence-corrected chi connectivity index (χ3v) is 3.62. The summed E-state index contributed by atoms with van der Waals surface area (Å²) >= 11 is 0. The van der Waals surface area contributed by atoms with E-state index in [2.05, 4.69) is 26.1 Å². The van der Waals surface area contributed by atoms with Crippen LogP contribution in [-0.4, -0.2) is 36.5 Å². The molecule has 0 unspecified atom stereocenters. The van der Waals surface area contributed by atoms with Gasteiger partial charge in [-0.3, -0.25) is 10.3 Å². The number of carbonyl (C=O) groups is 1. The largest absolute Gasteiger partial charge is 0.491 e. The van der Waals surface area contributed by atoms with Gasteiger partial charge in [0.25, 0.3) is 0 Å². The third-order valence-electron chi connectivity index (χ3n) is 3.62. The second-order valence-corrected chi connectivity index (χ2v) is 5.81. The van der Waals surface area contributed by atoms with Crippen molar-refractivity contribution in [1.82, 2.24) is 10.1 Å². The van der Waals surface area contributed by atoms with Crippen molar-refractivity contribution in [1.29, 1.82) is 0 Å². The van der Waals surface area contributed by atoms with E-state index in [1.807, 2.05) is 12.1 Å². The first kappa shape index (κ1) is 19.2. The maximum atomic E-state index is 12.3. The maximum Gasteiger partial charge on any atom is 0.325 e. The second-order valence-electron chi connectivity index (χ2n) is 5.81. The number of anilines is 4. The zero-order valence-corrected chi connectivity index (χ0v) is 15.6. The van der Waals surface area contributed by atoms with Gasteiger partial charge in [0.2, 0.25) is 0 Å². The average molecular weight is 383 g/mol. The van der Waals surface area contributed by atoms with Crippen molar-refractivity contribution in [2.45, 2.75) is 6.92 Å². The molecule has 0 aliphatic heterocycles. The van der Waals surface area contributed by atoms with Crippen LogP contribution >= 0.6 is 0 Å². The number of ether oxygens (including phenoxy) is 2. The fraction of sp³-hybridized carbons (Fsp3) is 0.211. The van der Waals surface area contributed by atoms with Crippen molar-refractivity contribution >= 4 is 28.9 Å². The van der Waals surface area contributed by atoms with Crippen LogP contribution in [0.5, 0.6) is 5.75 Å². The van der Waals surface area contributed by atoms with E-state index in [4.69, 9.17) is 14.0 Å². The minimum absolute atomic E-state index is 0.332. The second kappa shape index (κ2) is 9.38. The molecule has 3 rings (SSSR count). The van der Waals surface area contributed by atoms with Gasteiger partial charge in [-0.25, -0.2) is 4.79 Å². The first-order chi connectivity index (χ1) is 13.6. The van der Waals surface area contributed by atoms with E-state index in [1.165, 1.54) is 0 Å². The van der Waals surface area contributed by atoms with Crippen molar-refractivity contribution in [3.63, 3.8) is 0 Å². The summed E-state index contributed by atoms with van der Waals surface area (Å²) in [5.74, 6) is 1.58. The molecule has 1 aromatic carbocycles. The van der Waals surface area contributed by atoms with Crippen molar-refractivity contribution < 1.29 is 18.8 Å². The van der Waals surface area contributed by atoms with Crippen LogP contribution in [0.1, 0.15) is 5.76 Å². The van der Waals surface area contributed by atoms with Crippen LogP contribution in [0, 0.1) is 6.92 Å². The molecule has 9 heteroatoms. The van der Waals surface area contributed by atoms with Gasteiger partial charge in [-0.15, -0.1) is 0 Å². The van der Waals surface area contributed by atoms with Gasteiger partial charge in [0.05, 0.1) is 18.0 Å². The van der Waals surface area contributed by atoms with Gasteiger partial charge < -0.3 is 24.6 Å². The lowest BCUT2D eigenvalue weighted by Gasteiger charge is -2.15. The van der Waals surface area contributed by atoms with Crippen molar-refractivity contribution in [2.24, 2.45) is 0 Å². The number of aryl methyl sites for hydroxylation is 1. The smallest absolute Gasteiger partial charge is 0.325 e. The summed E-state index contributed by atoms with van der Waals surface area (Å²) < 4.78 is 15.6. The van der Waals surface area contributed by atoms with E-state index in [1.54, 1.807) is 50.7 Å². The lowest BCUT2D eigenvalue weighted by atomic mass is 10.2. The standard InChI is InChI=1S/C19H21N5O4/c1-13-11-18(24-28-13)23-19(25)22-16-4-3-15(27-10-9-26-2)12-17(16)21-14-5-7-20-8-6-14/h3-8,11-12H,9-10H2,1-2H3,(H,20,21)(H2,22,23,24,25). The number of aromatic nitrogens is 2. The summed E-state index contributed by atoms with van der Waals surface area (Å²) in [6.07, 6.45) is 3.35. The normalized spacial score (nSPS) is 10.4. The lowest BCUT2D eigenvalue weighted by Crippen LogP contribution is -2.20. The number of benzene rings is 1. The SMILES string of the molecule is COCCOc1ccc(NC(=O)Nc2cc(C)on2)c(Nc2ccncc2)c1. The summed E-state index contributed by atoms with van der Waals surface area (Å²) in [6.45, 7) is 2.64. The molecule has 3 N–H and O–H groups in total. The molecule has 0 saturated heterocycles. The number of urea groups is 1. The number of carbonyl (C=O) groups excluding carboxylic acids is 1. The van der Waals surface area contributed by atoms with Crippen molar-refractivity contribution in [3.05, 3.63) is 54.6 Å². The minimum atomic E-state index is -0.445. The number of nitrogens with one attached hydrogen (secondary N) is 3. The van der Waals surface area contributed by atoms with Crippen LogP contribution in [-0.2, 0) is 4.74 Å². The molecule has 28 heavy (non-hydrogen) atoms. The van der Waals surface area contributed by atoms with Gasteiger partial charge in [0.15, 0.2) is 5.82 Å². The van der Waals surface area contributed by atoms with Crippen LogP contribution in [0.2, 0.25) is 0 Å². The van der Waals surface area contributed by atoms with Gasteiger partial charge in [-0.05, 0) is 31.2 Å². The molecule has 0 aliphatic rings. The zero-order valence-electron chi connectivity index (χ0n) is 15.6. The number of hydrogen-bond acceptors (Lipinski definition) is 7. The van der Waals surface area contributed by atoms with Crippen LogP contribution in [0.4, 0.5) is 27.7 Å².